The van der Waals surface area contributed by atoms with E-state index >= 15 is 0 Å². The Kier molecular flexibility index (Phi) is 2.91. The number of halogens is 6. The van der Waals surface area contributed by atoms with Gasteiger partial charge in [0.15, 0.2) is 4.33 Å². The van der Waals surface area contributed by atoms with Crippen LogP contribution in [0, 0.1) is 23.7 Å². The van der Waals surface area contributed by atoms with Crippen LogP contribution in [0.2, 0.25) is 0 Å². The van der Waals surface area contributed by atoms with Crippen molar-refractivity contribution >= 4 is 69.6 Å². The summed E-state index contributed by atoms with van der Waals surface area (Å²) in [4.78, 5) is -2.64. The second kappa shape index (κ2) is 3.89. The summed E-state index contributed by atoms with van der Waals surface area (Å²) in [5, 5.41) is 20.6. The highest BCUT2D eigenvalue weighted by Gasteiger charge is 2.87. The highest BCUT2D eigenvalue weighted by atomic mass is 35.5. The summed E-state index contributed by atoms with van der Waals surface area (Å²) in [6, 6.07) is 0. The highest BCUT2D eigenvalue weighted by molar-refractivity contribution is 6.65. The monoisotopic (exact) mass is 396 g/mol. The quantitative estimate of drug-likeness (QED) is 0.484. The molecule has 112 valence electrons. The number of allylic oxidation sites excluding steroid dienone is 2. The summed E-state index contributed by atoms with van der Waals surface area (Å²) in [6.07, 6.45) is -1.09. The first-order valence-corrected chi connectivity index (χ1v) is 8.56. The van der Waals surface area contributed by atoms with Crippen LogP contribution in [0.3, 0.4) is 0 Å². The van der Waals surface area contributed by atoms with Crippen LogP contribution >= 0.6 is 69.6 Å². The van der Waals surface area contributed by atoms with E-state index in [0.29, 0.717) is 6.42 Å². The molecule has 0 saturated heterocycles. The van der Waals surface area contributed by atoms with Crippen molar-refractivity contribution in [1.29, 1.82) is 0 Å². The minimum Gasteiger partial charge on any atom is -0.390 e. The molecule has 8 atom stereocenters. The average Bonchev–Trinajstić information content (AvgIpc) is 2.97. The molecule has 0 heterocycles. The maximum Gasteiger partial charge on any atom is 0.166 e. The van der Waals surface area contributed by atoms with Crippen LogP contribution in [-0.4, -0.2) is 36.5 Å². The summed E-state index contributed by atoms with van der Waals surface area (Å²) in [5.74, 6) is -1.05. The molecule has 0 aromatic carbocycles. The molecule has 4 aliphatic rings. The summed E-state index contributed by atoms with van der Waals surface area (Å²) < 4.78 is -1.58. The molecule has 2 N–H and O–H groups in total. The van der Waals surface area contributed by atoms with Gasteiger partial charge in [-0.1, -0.05) is 46.4 Å². The zero-order chi connectivity index (χ0) is 14.8. The third-order valence-corrected chi connectivity index (χ3v) is 10.0. The fourth-order valence-electron chi connectivity index (χ4n) is 5.01. The van der Waals surface area contributed by atoms with Gasteiger partial charge < -0.3 is 10.2 Å². The first kappa shape index (κ1) is 15.0. The van der Waals surface area contributed by atoms with Crippen molar-refractivity contribution in [3.05, 3.63) is 10.1 Å². The molecule has 0 unspecified atom stereocenters. The third kappa shape index (κ3) is 1.16. The lowest BCUT2D eigenvalue weighted by Crippen LogP contribution is -2.50. The molecule has 0 aliphatic heterocycles. The van der Waals surface area contributed by atoms with Crippen LogP contribution in [0.5, 0.6) is 0 Å². The average molecular weight is 399 g/mol. The second-order valence-electron chi connectivity index (χ2n) is 6.22. The second-order valence-corrected chi connectivity index (χ2v) is 9.50. The summed E-state index contributed by atoms with van der Waals surface area (Å²) >= 11 is 39.0. The van der Waals surface area contributed by atoms with Gasteiger partial charge in [0.05, 0.1) is 22.3 Å². The summed E-state index contributed by atoms with van der Waals surface area (Å²) in [5.41, 5.74) is 0. The van der Waals surface area contributed by atoms with Gasteiger partial charge in [0, 0.05) is 0 Å². The van der Waals surface area contributed by atoms with Gasteiger partial charge in [-0.15, -0.1) is 23.2 Å². The Morgan fingerprint density at radius 1 is 0.800 bits per heavy atom. The third-order valence-electron chi connectivity index (χ3n) is 5.75. The van der Waals surface area contributed by atoms with E-state index in [1.807, 2.05) is 0 Å². The number of aliphatic hydroxyl groups is 2. The topological polar surface area (TPSA) is 40.5 Å². The van der Waals surface area contributed by atoms with E-state index in [-0.39, 0.29) is 33.7 Å². The Bertz CT molecular complexity index is 506. The van der Waals surface area contributed by atoms with Crippen molar-refractivity contribution in [3.8, 4) is 0 Å². The summed E-state index contributed by atoms with van der Waals surface area (Å²) in [7, 11) is 0. The predicted molar refractivity (Wildman–Crippen MR) is 80.9 cm³/mol. The van der Waals surface area contributed by atoms with E-state index in [2.05, 4.69) is 0 Å². The van der Waals surface area contributed by atoms with E-state index in [1.165, 1.54) is 0 Å². The fourth-order valence-corrected chi connectivity index (χ4v) is 8.14. The summed E-state index contributed by atoms with van der Waals surface area (Å²) in [6.45, 7) is 0. The Balaban J connectivity index is 1.98. The van der Waals surface area contributed by atoms with Crippen LogP contribution in [0.1, 0.15) is 6.42 Å². The van der Waals surface area contributed by atoms with Gasteiger partial charge in [-0.25, -0.2) is 0 Å². The lowest BCUT2D eigenvalue weighted by molar-refractivity contribution is -0.0559. The van der Waals surface area contributed by atoms with E-state index in [1.54, 1.807) is 0 Å². The maximum absolute atomic E-state index is 10.2. The van der Waals surface area contributed by atoms with Crippen molar-refractivity contribution < 1.29 is 10.2 Å². The number of hydrogen-bond acceptors (Lipinski definition) is 2. The van der Waals surface area contributed by atoms with Gasteiger partial charge in [0.2, 0.25) is 0 Å². The zero-order valence-electron chi connectivity index (χ0n) is 9.83. The van der Waals surface area contributed by atoms with Crippen LogP contribution in [-0.2, 0) is 0 Å². The number of aliphatic hydroxyl groups excluding tert-OH is 2. The van der Waals surface area contributed by atoms with Crippen molar-refractivity contribution in [1.82, 2.24) is 0 Å². The van der Waals surface area contributed by atoms with E-state index < -0.39 is 26.3 Å². The lowest BCUT2D eigenvalue weighted by atomic mass is 9.70. The lowest BCUT2D eigenvalue weighted by Gasteiger charge is -2.42. The maximum atomic E-state index is 10.2. The molecule has 0 radical (unpaired) electrons. The van der Waals surface area contributed by atoms with Gasteiger partial charge in [0.25, 0.3) is 0 Å². The van der Waals surface area contributed by atoms with Gasteiger partial charge >= 0.3 is 0 Å². The molecular weight excluding hydrogens is 389 g/mol. The predicted octanol–water partition coefficient (Wildman–Crippen LogP) is 3.44. The van der Waals surface area contributed by atoms with E-state index in [9.17, 15) is 10.2 Å². The van der Waals surface area contributed by atoms with Gasteiger partial charge in [-0.2, -0.15) is 0 Å². The molecule has 3 fully saturated rings. The van der Waals surface area contributed by atoms with Crippen LogP contribution in [0.25, 0.3) is 0 Å². The molecule has 4 rings (SSSR count). The normalized spacial score (nSPS) is 62.4. The molecule has 3 saturated carbocycles. The molecule has 4 aliphatic carbocycles. The van der Waals surface area contributed by atoms with Crippen LogP contribution in [0.4, 0.5) is 0 Å². The Morgan fingerprint density at radius 2 is 1.15 bits per heavy atom. The molecule has 0 amide bonds. The number of fused-ring (bicyclic) bond motifs is 9. The molecule has 0 spiro atoms. The zero-order valence-corrected chi connectivity index (χ0v) is 14.4. The minimum atomic E-state index is -1.58. The van der Waals surface area contributed by atoms with Gasteiger partial charge in [0.1, 0.15) is 9.75 Å². The first-order valence-electron chi connectivity index (χ1n) is 6.29. The van der Waals surface area contributed by atoms with Crippen molar-refractivity contribution in [2.75, 3.05) is 0 Å². The molecule has 20 heavy (non-hydrogen) atoms. The van der Waals surface area contributed by atoms with Crippen LogP contribution < -0.4 is 0 Å². The van der Waals surface area contributed by atoms with E-state index in [0.717, 1.165) is 0 Å². The molecule has 8 heteroatoms. The highest BCUT2D eigenvalue weighted by Crippen LogP contribution is 2.82. The number of alkyl halides is 4. The SMILES string of the molecule is O[C@@H]1[C@H](O)[C@@H]2C[C@@H]1[C@@H]1[C@@H]2[C@]2(Cl)C(Cl)=C(Cl)[C@]1(Cl)C2(Cl)Cl. The van der Waals surface area contributed by atoms with Crippen molar-refractivity contribution in [3.63, 3.8) is 0 Å². The standard InChI is InChI=1S/C12H10Cl6O2/c13-8-9(14)11(16)5-3-1-2(6(19)7(3)20)4(5)10(8,15)12(11,17)18/h2-7,19-20H,1H2/t2-,3-,4-,5-,6-,7+,10+,11+/m1/s1. The van der Waals surface area contributed by atoms with Crippen molar-refractivity contribution in [2.24, 2.45) is 23.7 Å². The first-order chi connectivity index (χ1) is 9.11. The van der Waals surface area contributed by atoms with Gasteiger partial charge in [-0.3, -0.25) is 0 Å². The molecular formula is C12H10Cl6O2. The number of hydrogen-bond donors (Lipinski definition) is 2. The van der Waals surface area contributed by atoms with E-state index in [4.69, 9.17) is 69.6 Å². The Morgan fingerprint density at radius 3 is 1.50 bits per heavy atom. The smallest absolute Gasteiger partial charge is 0.166 e. The largest absolute Gasteiger partial charge is 0.390 e. The Labute approximate surface area is 145 Å². The minimum absolute atomic E-state index is 0.163. The Hall–Kier alpha value is 1.40. The molecule has 4 bridgehead atoms. The van der Waals surface area contributed by atoms with Crippen LogP contribution in [0.15, 0.2) is 10.1 Å². The molecule has 2 nitrogen and oxygen atoms in total. The van der Waals surface area contributed by atoms with Gasteiger partial charge in [-0.05, 0) is 30.1 Å². The molecule has 0 aromatic rings. The fraction of sp³-hybridized carbons (Fsp3) is 0.833. The molecule has 0 aromatic heterocycles. The number of rotatable bonds is 0. The van der Waals surface area contributed by atoms with Crippen molar-refractivity contribution in [2.45, 2.75) is 32.7 Å².